The fourth-order valence-electron chi connectivity index (χ4n) is 2.67. The lowest BCUT2D eigenvalue weighted by atomic mass is 10.1. The van der Waals surface area contributed by atoms with Gasteiger partial charge < -0.3 is 20.1 Å². The fourth-order valence-corrected chi connectivity index (χ4v) is 2.67. The Morgan fingerprint density at radius 3 is 1.97 bits per heavy atom. The monoisotopic (exact) mass is 518 g/mol. The summed E-state index contributed by atoms with van der Waals surface area (Å²) < 4.78 is 126. The molecule has 0 radical (unpaired) electrons. The molecular formula is C20H15F9N2O4. The first kappa shape index (κ1) is 27.6. The van der Waals surface area contributed by atoms with E-state index >= 15 is 0 Å². The van der Waals surface area contributed by atoms with Gasteiger partial charge in [-0.15, -0.1) is 13.2 Å². The lowest BCUT2D eigenvalue weighted by molar-refractivity contribution is -0.274. The molecule has 2 rings (SSSR count). The maximum atomic E-state index is 14.1. The van der Waals surface area contributed by atoms with Gasteiger partial charge in [0.05, 0.1) is 12.2 Å². The zero-order valence-electron chi connectivity index (χ0n) is 17.4. The number of carbonyl (C=O) groups is 2. The van der Waals surface area contributed by atoms with Crippen LogP contribution in [0.15, 0.2) is 48.5 Å². The van der Waals surface area contributed by atoms with Gasteiger partial charge in [-0.3, -0.25) is 4.79 Å². The van der Waals surface area contributed by atoms with E-state index in [0.717, 1.165) is 19.1 Å². The highest BCUT2D eigenvalue weighted by Gasteiger charge is 2.63. The molecule has 0 heterocycles. The van der Waals surface area contributed by atoms with Crippen LogP contribution in [0.1, 0.15) is 22.8 Å². The SMILES string of the molecule is CCOC(=O)[C@@](NC(=O)c1cccc(C(F)(F)F)c1)(Nc1ccc(OC(F)(F)F)cc1)C(F)(F)F. The van der Waals surface area contributed by atoms with E-state index in [-0.39, 0.29) is 6.07 Å². The van der Waals surface area contributed by atoms with Crippen LogP contribution in [-0.4, -0.2) is 36.7 Å². The van der Waals surface area contributed by atoms with Crippen molar-refractivity contribution >= 4 is 17.6 Å². The van der Waals surface area contributed by atoms with Gasteiger partial charge in [0.15, 0.2) is 0 Å². The molecule has 0 aliphatic carbocycles. The number of alkyl halides is 9. The van der Waals surface area contributed by atoms with E-state index in [9.17, 15) is 49.1 Å². The number of rotatable bonds is 7. The molecule has 1 amide bonds. The number of ether oxygens (including phenoxy) is 2. The van der Waals surface area contributed by atoms with Gasteiger partial charge in [0.25, 0.3) is 5.91 Å². The van der Waals surface area contributed by atoms with Crippen LogP contribution in [0.5, 0.6) is 5.75 Å². The minimum atomic E-state index is -5.64. The molecule has 0 fully saturated rings. The van der Waals surface area contributed by atoms with Gasteiger partial charge in [0.1, 0.15) is 5.75 Å². The van der Waals surface area contributed by atoms with Crippen LogP contribution in [0.2, 0.25) is 0 Å². The fraction of sp³-hybridized carbons (Fsp3) is 0.300. The number of hydrogen-bond donors (Lipinski definition) is 2. The quantitative estimate of drug-likeness (QED) is 0.297. The minimum absolute atomic E-state index is 0.269. The van der Waals surface area contributed by atoms with E-state index in [1.807, 2.05) is 0 Å². The molecule has 2 aromatic carbocycles. The lowest BCUT2D eigenvalue weighted by Crippen LogP contribution is -2.69. The van der Waals surface area contributed by atoms with Crippen molar-refractivity contribution in [2.45, 2.75) is 31.3 Å². The second kappa shape index (κ2) is 9.92. The van der Waals surface area contributed by atoms with Crippen molar-refractivity contribution in [2.75, 3.05) is 11.9 Å². The van der Waals surface area contributed by atoms with Crippen LogP contribution < -0.4 is 15.4 Å². The summed E-state index contributed by atoms with van der Waals surface area (Å²) in [6.45, 7) is 0.563. The van der Waals surface area contributed by atoms with Gasteiger partial charge in [-0.1, -0.05) is 6.07 Å². The van der Waals surface area contributed by atoms with Crippen LogP contribution in [0.25, 0.3) is 0 Å². The van der Waals surface area contributed by atoms with Gasteiger partial charge in [-0.25, -0.2) is 4.79 Å². The highest BCUT2D eigenvalue weighted by Crippen LogP contribution is 2.35. The zero-order chi connectivity index (χ0) is 26.7. The Balaban J connectivity index is 2.49. The Kier molecular flexibility index (Phi) is 7.82. The Morgan fingerprint density at radius 2 is 1.49 bits per heavy atom. The third-order valence-corrected chi connectivity index (χ3v) is 4.18. The topological polar surface area (TPSA) is 76.7 Å². The molecule has 192 valence electrons. The van der Waals surface area contributed by atoms with E-state index in [2.05, 4.69) is 9.47 Å². The number of nitrogens with one attached hydrogen (secondary N) is 2. The average Bonchev–Trinajstić information content (AvgIpc) is 2.72. The Bertz CT molecular complexity index is 1050. The van der Waals surface area contributed by atoms with Gasteiger partial charge in [-0.2, -0.15) is 26.3 Å². The molecule has 0 saturated carbocycles. The first-order valence-electron chi connectivity index (χ1n) is 9.36. The molecular weight excluding hydrogens is 503 g/mol. The van der Waals surface area contributed by atoms with Crippen molar-refractivity contribution in [3.63, 3.8) is 0 Å². The first-order chi connectivity index (χ1) is 16.0. The number of benzene rings is 2. The summed E-state index contributed by atoms with van der Waals surface area (Å²) in [6.07, 6.45) is -15.6. The van der Waals surface area contributed by atoms with Gasteiger partial charge >= 0.3 is 30.3 Å². The molecule has 0 unspecified atom stereocenters. The summed E-state index contributed by atoms with van der Waals surface area (Å²) in [5.41, 5.74) is -6.85. The number of halogens is 9. The van der Waals surface area contributed by atoms with Crippen molar-refractivity contribution in [1.82, 2.24) is 5.32 Å². The number of anilines is 1. The molecule has 2 aromatic rings. The van der Waals surface area contributed by atoms with E-state index < -0.39 is 65.4 Å². The van der Waals surface area contributed by atoms with Gasteiger partial charge in [0.2, 0.25) is 0 Å². The molecule has 0 aromatic heterocycles. The molecule has 35 heavy (non-hydrogen) atoms. The third-order valence-electron chi connectivity index (χ3n) is 4.18. The largest absolute Gasteiger partial charge is 0.573 e. The number of hydrogen-bond acceptors (Lipinski definition) is 5. The summed E-state index contributed by atoms with van der Waals surface area (Å²) in [5, 5.41) is 2.99. The molecule has 0 aliphatic rings. The minimum Gasteiger partial charge on any atom is -0.463 e. The van der Waals surface area contributed by atoms with Crippen molar-refractivity contribution in [1.29, 1.82) is 0 Å². The molecule has 2 N–H and O–H groups in total. The predicted molar refractivity (Wildman–Crippen MR) is 101 cm³/mol. The van der Waals surface area contributed by atoms with E-state index in [4.69, 9.17) is 0 Å². The molecule has 0 saturated heterocycles. The van der Waals surface area contributed by atoms with Gasteiger partial charge in [-0.05, 0) is 49.4 Å². The molecule has 0 bridgehead atoms. The van der Waals surface area contributed by atoms with Gasteiger partial charge in [0, 0.05) is 11.3 Å². The normalized spacial score (nSPS) is 14.0. The second-order valence-electron chi connectivity index (χ2n) is 6.70. The highest BCUT2D eigenvalue weighted by atomic mass is 19.4. The summed E-state index contributed by atoms with van der Waals surface area (Å²) in [5.74, 6) is -4.61. The van der Waals surface area contributed by atoms with E-state index in [1.165, 1.54) is 5.32 Å². The molecule has 15 heteroatoms. The summed E-state index contributed by atoms with van der Waals surface area (Å²) in [7, 11) is 0. The standard InChI is InChI=1S/C20H15F9N2O4/c1-2-34-16(33)17(19(24,25)26,30-13-6-8-14(9-7-13)35-20(27,28)29)31-15(32)11-4-3-5-12(10-11)18(21,22)23/h3-10,30H,2H2,1H3,(H,31,32)/t17-/m0/s1. The smallest absolute Gasteiger partial charge is 0.463 e. The Morgan fingerprint density at radius 1 is 0.886 bits per heavy atom. The van der Waals surface area contributed by atoms with Crippen LogP contribution in [0.4, 0.5) is 45.2 Å². The molecule has 1 atom stereocenters. The number of amides is 1. The molecule has 0 aliphatic heterocycles. The lowest BCUT2D eigenvalue weighted by Gasteiger charge is -2.35. The maximum absolute atomic E-state index is 14.1. The molecule has 0 spiro atoms. The van der Waals surface area contributed by atoms with Crippen molar-refractivity contribution < 1.29 is 58.6 Å². The van der Waals surface area contributed by atoms with Crippen LogP contribution >= 0.6 is 0 Å². The number of carbonyl (C=O) groups excluding carboxylic acids is 2. The summed E-state index contributed by atoms with van der Waals surface area (Å²) in [4.78, 5) is 24.9. The third kappa shape index (κ3) is 6.93. The number of esters is 1. The average molecular weight is 518 g/mol. The summed E-state index contributed by atoms with van der Waals surface area (Å²) >= 11 is 0. The maximum Gasteiger partial charge on any atom is 0.573 e. The predicted octanol–water partition coefficient (Wildman–Crippen LogP) is 5.27. The zero-order valence-corrected chi connectivity index (χ0v) is 17.4. The Hall–Kier alpha value is -3.65. The molecule has 6 nitrogen and oxygen atoms in total. The first-order valence-corrected chi connectivity index (χ1v) is 9.36. The van der Waals surface area contributed by atoms with Crippen molar-refractivity contribution in [2.24, 2.45) is 0 Å². The van der Waals surface area contributed by atoms with Crippen molar-refractivity contribution in [3.8, 4) is 5.75 Å². The van der Waals surface area contributed by atoms with Crippen LogP contribution in [-0.2, 0) is 15.7 Å². The van der Waals surface area contributed by atoms with Crippen LogP contribution in [0.3, 0.4) is 0 Å². The van der Waals surface area contributed by atoms with E-state index in [1.54, 1.807) is 5.32 Å². The second-order valence-corrected chi connectivity index (χ2v) is 6.70. The van der Waals surface area contributed by atoms with Crippen LogP contribution in [0, 0.1) is 0 Å². The van der Waals surface area contributed by atoms with E-state index in [0.29, 0.717) is 30.3 Å². The Labute approximate surface area is 191 Å². The summed E-state index contributed by atoms with van der Waals surface area (Å²) in [6, 6.07) is 4.99. The van der Waals surface area contributed by atoms with Crippen molar-refractivity contribution in [3.05, 3.63) is 59.7 Å². The highest BCUT2D eigenvalue weighted by molar-refractivity contribution is 5.99.